The van der Waals surface area contributed by atoms with Crippen LogP contribution in [0.3, 0.4) is 0 Å². The van der Waals surface area contributed by atoms with E-state index in [2.05, 4.69) is 10.1 Å². The van der Waals surface area contributed by atoms with Crippen LogP contribution >= 0.6 is 11.6 Å². The summed E-state index contributed by atoms with van der Waals surface area (Å²) >= 11 is 6.19. The fraction of sp³-hybridized carbons (Fsp3) is 0.263. The van der Waals surface area contributed by atoms with Crippen LogP contribution in [0.4, 0.5) is 5.69 Å². The predicted octanol–water partition coefficient (Wildman–Crippen LogP) is 3.17. The van der Waals surface area contributed by atoms with Crippen molar-refractivity contribution < 1.29 is 14.3 Å². The smallest absolute Gasteiger partial charge is 0.337 e. The van der Waals surface area contributed by atoms with Gasteiger partial charge in [0.05, 0.1) is 28.9 Å². The highest BCUT2D eigenvalue weighted by Crippen LogP contribution is 2.28. The van der Waals surface area contributed by atoms with E-state index in [9.17, 15) is 9.59 Å². The zero-order valence-corrected chi connectivity index (χ0v) is 15.3. The van der Waals surface area contributed by atoms with E-state index in [1.165, 1.54) is 7.11 Å². The van der Waals surface area contributed by atoms with Gasteiger partial charge in [0, 0.05) is 20.6 Å². The molecule has 0 aliphatic carbocycles. The van der Waals surface area contributed by atoms with Crippen LogP contribution in [-0.2, 0) is 11.2 Å². The van der Waals surface area contributed by atoms with Crippen LogP contribution in [0.25, 0.3) is 0 Å². The average molecular weight is 361 g/mol. The zero-order valence-electron chi connectivity index (χ0n) is 14.5. The van der Waals surface area contributed by atoms with Gasteiger partial charge in [0.25, 0.3) is 5.91 Å². The van der Waals surface area contributed by atoms with Crippen molar-refractivity contribution in [2.24, 2.45) is 0 Å². The Labute approximate surface area is 152 Å². The van der Waals surface area contributed by atoms with Gasteiger partial charge in [-0.3, -0.25) is 4.79 Å². The van der Waals surface area contributed by atoms with Gasteiger partial charge < -0.3 is 15.0 Å². The number of anilines is 1. The quantitative estimate of drug-likeness (QED) is 0.804. The summed E-state index contributed by atoms with van der Waals surface area (Å²) in [4.78, 5) is 25.7. The number of halogens is 1. The van der Waals surface area contributed by atoms with Crippen molar-refractivity contribution in [2.45, 2.75) is 6.42 Å². The van der Waals surface area contributed by atoms with Crippen LogP contribution in [0.5, 0.6) is 0 Å². The molecule has 5 nitrogen and oxygen atoms in total. The van der Waals surface area contributed by atoms with E-state index < -0.39 is 0 Å². The first-order chi connectivity index (χ1) is 11.9. The third kappa shape index (κ3) is 4.73. The molecule has 2 rings (SSSR count). The van der Waals surface area contributed by atoms with E-state index in [4.69, 9.17) is 11.6 Å². The third-order valence-corrected chi connectivity index (χ3v) is 4.06. The first-order valence-corrected chi connectivity index (χ1v) is 8.23. The highest BCUT2D eigenvalue weighted by Gasteiger charge is 2.15. The summed E-state index contributed by atoms with van der Waals surface area (Å²) in [6.07, 6.45) is 0.658. The maximum Gasteiger partial charge on any atom is 0.337 e. The van der Waals surface area contributed by atoms with Crippen molar-refractivity contribution in [1.29, 1.82) is 0 Å². The van der Waals surface area contributed by atoms with Crippen LogP contribution in [-0.4, -0.2) is 39.6 Å². The van der Waals surface area contributed by atoms with Gasteiger partial charge in [0.1, 0.15) is 0 Å². The van der Waals surface area contributed by atoms with Gasteiger partial charge >= 0.3 is 5.97 Å². The van der Waals surface area contributed by atoms with Crippen molar-refractivity contribution in [1.82, 2.24) is 5.32 Å². The molecule has 0 atom stereocenters. The number of hydrogen-bond acceptors (Lipinski definition) is 4. The lowest BCUT2D eigenvalue weighted by atomic mass is 10.1. The lowest BCUT2D eigenvalue weighted by Crippen LogP contribution is -2.27. The van der Waals surface area contributed by atoms with E-state index >= 15 is 0 Å². The van der Waals surface area contributed by atoms with Crippen LogP contribution in [0.15, 0.2) is 42.5 Å². The minimum Gasteiger partial charge on any atom is -0.465 e. The van der Waals surface area contributed by atoms with Crippen LogP contribution in [0.1, 0.15) is 26.3 Å². The number of methoxy groups -OCH3 is 1. The molecule has 1 N–H and O–H groups in total. The molecule has 1 amide bonds. The highest BCUT2D eigenvalue weighted by molar-refractivity contribution is 6.34. The monoisotopic (exact) mass is 360 g/mol. The van der Waals surface area contributed by atoms with Crippen molar-refractivity contribution in [3.05, 3.63) is 64.2 Å². The fourth-order valence-corrected chi connectivity index (χ4v) is 2.84. The standard InChI is InChI=1S/C19H21ClN2O3/c1-22(2)17-15(5-4-6-16(17)20)18(23)21-12-11-13-7-9-14(10-8-13)19(24)25-3/h4-10H,11-12H2,1-3H3,(H,21,23). The second-order valence-electron chi connectivity index (χ2n) is 5.72. The summed E-state index contributed by atoms with van der Waals surface area (Å²) in [5.74, 6) is -0.533. The maximum absolute atomic E-state index is 12.4. The molecule has 0 spiro atoms. The molecular formula is C19H21ClN2O3. The van der Waals surface area contributed by atoms with Gasteiger partial charge in [-0.2, -0.15) is 0 Å². The number of rotatable bonds is 6. The van der Waals surface area contributed by atoms with Crippen molar-refractivity contribution in [3.8, 4) is 0 Å². The van der Waals surface area contributed by atoms with Crippen molar-refractivity contribution in [3.63, 3.8) is 0 Å². The first-order valence-electron chi connectivity index (χ1n) is 7.85. The molecule has 0 radical (unpaired) electrons. The Morgan fingerprint density at radius 2 is 1.80 bits per heavy atom. The van der Waals surface area contributed by atoms with Crippen LogP contribution in [0, 0.1) is 0 Å². The summed E-state index contributed by atoms with van der Waals surface area (Å²) in [5.41, 5.74) is 2.76. The summed E-state index contributed by atoms with van der Waals surface area (Å²) in [5, 5.41) is 3.44. The lowest BCUT2D eigenvalue weighted by Gasteiger charge is -2.18. The van der Waals surface area contributed by atoms with Crippen LogP contribution < -0.4 is 10.2 Å². The molecule has 0 aromatic heterocycles. The number of benzene rings is 2. The highest BCUT2D eigenvalue weighted by atomic mass is 35.5. The van der Waals surface area contributed by atoms with Gasteiger partial charge in [-0.1, -0.05) is 29.8 Å². The second-order valence-corrected chi connectivity index (χ2v) is 6.13. The van der Waals surface area contributed by atoms with Crippen molar-refractivity contribution in [2.75, 3.05) is 32.6 Å². The van der Waals surface area contributed by atoms with Gasteiger partial charge in [-0.15, -0.1) is 0 Å². The second kappa shape index (κ2) is 8.53. The third-order valence-electron chi connectivity index (χ3n) is 3.75. The molecule has 0 saturated carbocycles. The number of para-hydroxylation sites is 1. The number of ether oxygens (including phenoxy) is 1. The summed E-state index contributed by atoms with van der Waals surface area (Å²) in [7, 11) is 5.05. The Hall–Kier alpha value is -2.53. The van der Waals surface area contributed by atoms with Crippen molar-refractivity contribution >= 4 is 29.2 Å². The molecule has 2 aromatic carbocycles. The topological polar surface area (TPSA) is 58.6 Å². The summed E-state index contributed by atoms with van der Waals surface area (Å²) < 4.78 is 4.67. The molecule has 0 aliphatic heterocycles. The Morgan fingerprint density at radius 3 is 2.40 bits per heavy atom. The number of carbonyl (C=O) groups is 2. The molecule has 132 valence electrons. The van der Waals surface area contributed by atoms with E-state index in [0.717, 1.165) is 5.56 Å². The number of hydrogen-bond donors (Lipinski definition) is 1. The molecule has 0 aliphatic rings. The molecule has 0 heterocycles. The van der Waals surface area contributed by atoms with Gasteiger partial charge in [-0.25, -0.2) is 4.79 Å². The molecule has 0 unspecified atom stereocenters. The maximum atomic E-state index is 12.4. The molecule has 25 heavy (non-hydrogen) atoms. The Morgan fingerprint density at radius 1 is 1.12 bits per heavy atom. The summed E-state index contributed by atoms with van der Waals surface area (Å²) in [6, 6.07) is 12.4. The minimum atomic E-state index is -0.364. The SMILES string of the molecule is COC(=O)c1ccc(CCNC(=O)c2cccc(Cl)c2N(C)C)cc1. The summed E-state index contributed by atoms with van der Waals surface area (Å²) in [6.45, 7) is 0.482. The number of esters is 1. The lowest BCUT2D eigenvalue weighted by molar-refractivity contribution is 0.0600. The minimum absolute atomic E-state index is 0.169. The number of amides is 1. The Bertz CT molecular complexity index is 758. The normalized spacial score (nSPS) is 10.2. The predicted molar refractivity (Wildman–Crippen MR) is 99.6 cm³/mol. The number of nitrogens with one attached hydrogen (secondary N) is 1. The van der Waals surface area contributed by atoms with Gasteiger partial charge in [0.15, 0.2) is 0 Å². The zero-order chi connectivity index (χ0) is 18.4. The molecular weight excluding hydrogens is 340 g/mol. The average Bonchev–Trinajstić information content (AvgIpc) is 2.61. The molecule has 6 heteroatoms. The molecule has 0 fully saturated rings. The van der Waals surface area contributed by atoms with Gasteiger partial charge in [-0.05, 0) is 36.2 Å². The Kier molecular flexibility index (Phi) is 6.42. The Balaban J connectivity index is 1.97. The molecule has 0 bridgehead atoms. The van der Waals surface area contributed by atoms with E-state index in [0.29, 0.717) is 34.8 Å². The van der Waals surface area contributed by atoms with Crippen LogP contribution in [0.2, 0.25) is 5.02 Å². The first kappa shape index (κ1) is 18.8. The van der Waals surface area contributed by atoms with E-state index in [1.54, 1.807) is 30.3 Å². The van der Waals surface area contributed by atoms with E-state index in [1.807, 2.05) is 31.1 Å². The number of nitrogens with zero attached hydrogens (tertiary/aromatic N) is 1. The largest absolute Gasteiger partial charge is 0.465 e. The van der Waals surface area contributed by atoms with E-state index in [-0.39, 0.29) is 11.9 Å². The van der Waals surface area contributed by atoms with Gasteiger partial charge in [0.2, 0.25) is 0 Å². The fourth-order valence-electron chi connectivity index (χ4n) is 2.49. The molecule has 0 saturated heterocycles. The molecule has 2 aromatic rings. The number of carbonyl (C=O) groups excluding carboxylic acids is 2.